The Morgan fingerprint density at radius 2 is 1.86 bits per heavy atom. The van der Waals surface area contributed by atoms with Crippen molar-refractivity contribution in [3.05, 3.63) is 47.7 Å². The number of methoxy groups -OCH3 is 1. The number of nitrogens with zero attached hydrogens (tertiary/aromatic N) is 4. The van der Waals surface area contributed by atoms with Crippen molar-refractivity contribution in [2.75, 3.05) is 38.2 Å². The van der Waals surface area contributed by atoms with E-state index in [9.17, 15) is 0 Å². The van der Waals surface area contributed by atoms with Gasteiger partial charge in [0.15, 0.2) is 0 Å². The number of rotatable bonds is 4. The summed E-state index contributed by atoms with van der Waals surface area (Å²) in [5, 5.41) is 0. The molecule has 116 valence electrons. The smallest absolute Gasteiger partial charge is 0.228 e. The van der Waals surface area contributed by atoms with E-state index in [4.69, 9.17) is 4.74 Å². The van der Waals surface area contributed by atoms with E-state index in [0.29, 0.717) is 5.88 Å². The first-order valence-electron chi connectivity index (χ1n) is 7.65. The quantitative estimate of drug-likeness (QED) is 0.865. The molecule has 1 aromatic heterocycles. The van der Waals surface area contributed by atoms with Gasteiger partial charge in [-0.1, -0.05) is 24.3 Å². The van der Waals surface area contributed by atoms with E-state index in [2.05, 4.69) is 51.0 Å². The summed E-state index contributed by atoms with van der Waals surface area (Å²) < 4.78 is 5.17. The van der Waals surface area contributed by atoms with Crippen LogP contribution in [0.4, 0.5) is 5.95 Å². The molecule has 0 atom stereocenters. The molecule has 3 rings (SSSR count). The topological polar surface area (TPSA) is 41.5 Å². The Labute approximate surface area is 131 Å². The third kappa shape index (κ3) is 3.36. The zero-order chi connectivity index (χ0) is 15.4. The number of aryl methyl sites for hydroxylation is 1. The molecule has 1 aliphatic heterocycles. The Morgan fingerprint density at radius 1 is 1.09 bits per heavy atom. The molecule has 2 heterocycles. The van der Waals surface area contributed by atoms with E-state index >= 15 is 0 Å². The summed E-state index contributed by atoms with van der Waals surface area (Å²) >= 11 is 0. The van der Waals surface area contributed by atoms with E-state index in [1.807, 2.05) is 0 Å². The van der Waals surface area contributed by atoms with Gasteiger partial charge in [-0.3, -0.25) is 4.90 Å². The molecular formula is C17H22N4O. The summed E-state index contributed by atoms with van der Waals surface area (Å²) in [6.07, 6.45) is 1.75. The van der Waals surface area contributed by atoms with E-state index in [1.165, 1.54) is 11.1 Å². The lowest BCUT2D eigenvalue weighted by Crippen LogP contribution is -2.46. The highest BCUT2D eigenvalue weighted by atomic mass is 16.5. The van der Waals surface area contributed by atoms with Crippen molar-refractivity contribution in [2.24, 2.45) is 0 Å². The molecule has 0 spiro atoms. The molecule has 5 nitrogen and oxygen atoms in total. The van der Waals surface area contributed by atoms with Gasteiger partial charge in [-0.15, -0.1) is 0 Å². The van der Waals surface area contributed by atoms with E-state index in [1.54, 1.807) is 19.4 Å². The molecule has 0 aliphatic carbocycles. The van der Waals surface area contributed by atoms with Crippen LogP contribution in [0.15, 0.2) is 36.5 Å². The first-order chi connectivity index (χ1) is 10.8. The average Bonchev–Trinajstić information content (AvgIpc) is 2.58. The van der Waals surface area contributed by atoms with Gasteiger partial charge in [0.05, 0.1) is 7.11 Å². The number of benzene rings is 1. The monoisotopic (exact) mass is 298 g/mol. The van der Waals surface area contributed by atoms with Gasteiger partial charge in [0.1, 0.15) is 0 Å². The second-order valence-electron chi connectivity index (χ2n) is 5.59. The number of hydrogen-bond acceptors (Lipinski definition) is 5. The molecule has 22 heavy (non-hydrogen) atoms. The van der Waals surface area contributed by atoms with Gasteiger partial charge < -0.3 is 9.64 Å². The van der Waals surface area contributed by atoms with E-state index in [-0.39, 0.29) is 0 Å². The van der Waals surface area contributed by atoms with Crippen LogP contribution in [0.1, 0.15) is 11.1 Å². The second kappa shape index (κ2) is 6.75. The van der Waals surface area contributed by atoms with Crippen molar-refractivity contribution in [3.8, 4) is 5.88 Å². The summed E-state index contributed by atoms with van der Waals surface area (Å²) in [7, 11) is 1.63. The third-order valence-corrected chi connectivity index (χ3v) is 4.14. The Hall–Kier alpha value is -2.14. The summed E-state index contributed by atoms with van der Waals surface area (Å²) in [4.78, 5) is 13.5. The molecule has 0 N–H and O–H groups in total. The van der Waals surface area contributed by atoms with Gasteiger partial charge in [-0.05, 0) is 18.1 Å². The van der Waals surface area contributed by atoms with Crippen molar-refractivity contribution >= 4 is 5.95 Å². The van der Waals surface area contributed by atoms with Crippen LogP contribution >= 0.6 is 0 Å². The predicted molar refractivity (Wildman–Crippen MR) is 87.3 cm³/mol. The van der Waals surface area contributed by atoms with Gasteiger partial charge in [-0.2, -0.15) is 4.98 Å². The molecular weight excluding hydrogens is 276 g/mol. The number of anilines is 1. The first kappa shape index (κ1) is 14.8. The number of aromatic nitrogens is 2. The maximum Gasteiger partial charge on any atom is 0.228 e. The highest BCUT2D eigenvalue weighted by Gasteiger charge is 2.19. The average molecular weight is 298 g/mol. The van der Waals surface area contributed by atoms with E-state index in [0.717, 1.165) is 38.7 Å². The molecule has 0 saturated carbocycles. The normalized spacial score (nSPS) is 15.8. The number of ether oxygens (including phenoxy) is 1. The standard InChI is InChI=1S/C17H22N4O/c1-14-5-3-4-6-15(14)13-20-9-11-21(12-10-20)17-18-8-7-16(19-17)22-2/h3-8H,9-13H2,1-2H3. The Morgan fingerprint density at radius 3 is 2.59 bits per heavy atom. The molecule has 0 bridgehead atoms. The molecule has 5 heteroatoms. The Balaban J connectivity index is 1.59. The zero-order valence-corrected chi connectivity index (χ0v) is 13.2. The Bertz CT molecular complexity index is 624. The maximum atomic E-state index is 5.17. The maximum absolute atomic E-state index is 5.17. The van der Waals surface area contributed by atoms with Crippen LogP contribution in [0.5, 0.6) is 5.88 Å². The fourth-order valence-corrected chi connectivity index (χ4v) is 2.73. The molecule has 0 unspecified atom stereocenters. The lowest BCUT2D eigenvalue weighted by Gasteiger charge is -2.35. The zero-order valence-electron chi connectivity index (χ0n) is 13.2. The van der Waals surface area contributed by atoms with Crippen LogP contribution in [0.2, 0.25) is 0 Å². The van der Waals surface area contributed by atoms with E-state index < -0.39 is 0 Å². The minimum atomic E-state index is 0.618. The summed E-state index contributed by atoms with van der Waals surface area (Å²) in [5.41, 5.74) is 2.77. The van der Waals surface area contributed by atoms with Crippen molar-refractivity contribution < 1.29 is 4.74 Å². The third-order valence-electron chi connectivity index (χ3n) is 4.14. The van der Waals surface area contributed by atoms with Crippen molar-refractivity contribution in [1.82, 2.24) is 14.9 Å². The largest absolute Gasteiger partial charge is 0.481 e. The van der Waals surface area contributed by atoms with Crippen LogP contribution in [-0.4, -0.2) is 48.2 Å². The minimum absolute atomic E-state index is 0.618. The molecule has 1 aromatic carbocycles. The van der Waals surface area contributed by atoms with Crippen LogP contribution in [0.3, 0.4) is 0 Å². The highest BCUT2D eigenvalue weighted by molar-refractivity contribution is 5.33. The Kier molecular flexibility index (Phi) is 4.53. The summed E-state index contributed by atoms with van der Waals surface area (Å²) in [6, 6.07) is 10.4. The van der Waals surface area contributed by atoms with Gasteiger partial charge >= 0.3 is 0 Å². The molecule has 2 aromatic rings. The van der Waals surface area contributed by atoms with Crippen LogP contribution in [0, 0.1) is 6.92 Å². The summed E-state index contributed by atoms with van der Waals surface area (Å²) in [6.45, 7) is 7.12. The molecule has 1 saturated heterocycles. The van der Waals surface area contributed by atoms with Gasteiger partial charge in [0.25, 0.3) is 0 Å². The molecule has 1 fully saturated rings. The van der Waals surface area contributed by atoms with Gasteiger partial charge in [0, 0.05) is 45.0 Å². The van der Waals surface area contributed by atoms with Gasteiger partial charge in [-0.25, -0.2) is 4.98 Å². The molecule has 0 amide bonds. The fraction of sp³-hybridized carbons (Fsp3) is 0.412. The lowest BCUT2D eigenvalue weighted by molar-refractivity contribution is 0.248. The van der Waals surface area contributed by atoms with Crippen LogP contribution in [-0.2, 0) is 6.54 Å². The van der Waals surface area contributed by atoms with Gasteiger partial charge in [0.2, 0.25) is 11.8 Å². The predicted octanol–water partition coefficient (Wildman–Crippen LogP) is 2.12. The number of piperazine rings is 1. The van der Waals surface area contributed by atoms with Crippen molar-refractivity contribution in [2.45, 2.75) is 13.5 Å². The highest BCUT2D eigenvalue weighted by Crippen LogP contribution is 2.16. The van der Waals surface area contributed by atoms with Crippen LogP contribution < -0.4 is 9.64 Å². The van der Waals surface area contributed by atoms with Crippen molar-refractivity contribution in [3.63, 3.8) is 0 Å². The van der Waals surface area contributed by atoms with Crippen LogP contribution in [0.25, 0.3) is 0 Å². The second-order valence-corrected chi connectivity index (χ2v) is 5.59. The van der Waals surface area contributed by atoms with Crippen molar-refractivity contribution in [1.29, 1.82) is 0 Å². The lowest BCUT2D eigenvalue weighted by atomic mass is 10.1. The molecule has 1 aliphatic rings. The SMILES string of the molecule is COc1ccnc(N2CCN(Cc3ccccc3C)CC2)n1. The minimum Gasteiger partial charge on any atom is -0.481 e. The summed E-state index contributed by atoms with van der Waals surface area (Å²) in [5.74, 6) is 1.38. The fourth-order valence-electron chi connectivity index (χ4n) is 2.73. The number of hydrogen-bond donors (Lipinski definition) is 0. The first-order valence-corrected chi connectivity index (χ1v) is 7.65. The molecule has 0 radical (unpaired) electrons.